The first kappa shape index (κ1) is 27.5. The van der Waals surface area contributed by atoms with Crippen molar-refractivity contribution in [2.24, 2.45) is 0 Å². The lowest BCUT2D eigenvalue weighted by Gasteiger charge is -2.30. The zero-order valence-corrected chi connectivity index (χ0v) is 23.7. The smallest absolute Gasteiger partial charge is 0.233 e. The maximum absolute atomic E-state index is 12.6. The van der Waals surface area contributed by atoms with Crippen LogP contribution in [0, 0.1) is 0 Å². The number of allylic oxidation sites excluding steroid dienone is 4. The minimum atomic E-state index is -0.214. The number of rotatable bonds is 10. The van der Waals surface area contributed by atoms with Crippen LogP contribution in [0.15, 0.2) is 89.1 Å². The Labute approximate surface area is 238 Å². The molecule has 5 rings (SSSR count). The van der Waals surface area contributed by atoms with Gasteiger partial charge in [-0.15, -0.1) is 21.5 Å². The molecule has 1 aliphatic rings. The second kappa shape index (κ2) is 12.8. The van der Waals surface area contributed by atoms with Crippen molar-refractivity contribution in [3.63, 3.8) is 0 Å². The zero-order chi connectivity index (χ0) is 27.9. The van der Waals surface area contributed by atoms with Gasteiger partial charge in [0, 0.05) is 17.4 Å². The molecule has 0 radical (unpaired) electrons. The molecule has 8 nitrogen and oxygen atoms in total. The number of hydrogen-bond donors (Lipinski definition) is 2. The highest BCUT2D eigenvalue weighted by Crippen LogP contribution is 2.29. The van der Waals surface area contributed by atoms with Gasteiger partial charge in [0.15, 0.2) is 0 Å². The topological polar surface area (TPSA) is 96.2 Å². The fourth-order valence-corrected chi connectivity index (χ4v) is 5.64. The van der Waals surface area contributed by atoms with Gasteiger partial charge >= 0.3 is 0 Å². The summed E-state index contributed by atoms with van der Waals surface area (Å²) < 4.78 is 6.87. The number of nitrogens with zero attached hydrogens (tertiary/aromatic N) is 4. The minimum Gasteiger partial charge on any atom is -0.424 e. The van der Waals surface area contributed by atoms with Crippen LogP contribution < -0.4 is 10.6 Å². The number of fused-ring (bicyclic) bond motifs is 1. The van der Waals surface area contributed by atoms with Crippen molar-refractivity contribution in [2.45, 2.75) is 38.6 Å². The summed E-state index contributed by atoms with van der Waals surface area (Å²) in [5, 5.41) is 15.5. The van der Waals surface area contributed by atoms with Gasteiger partial charge in [0.05, 0.1) is 16.6 Å². The standard InChI is InChI=1S/C31H34N6O2S/c1-4-24(33-25-14-16-37(3)17-15-25)12-10-21(2)32-28(38)19-29-35-36-30(39-29)20-31-34-26-13-11-23(18-27(26)40-31)22-8-6-5-7-9-22/h4-13,18,25,33H,1,14-17,19-20H2,2-3H3,(H,32,38)/b21-10+,24-12+. The quantitative estimate of drug-likeness (QED) is 0.258. The second-order valence-corrected chi connectivity index (χ2v) is 11.2. The Balaban J connectivity index is 1.14. The summed E-state index contributed by atoms with van der Waals surface area (Å²) in [4.78, 5) is 19.6. The Hall–Kier alpha value is -4.08. The molecule has 1 aliphatic heterocycles. The predicted octanol–water partition coefficient (Wildman–Crippen LogP) is 5.25. The van der Waals surface area contributed by atoms with Crippen molar-refractivity contribution in [3.8, 4) is 11.1 Å². The number of hydrogen-bond acceptors (Lipinski definition) is 8. The zero-order valence-electron chi connectivity index (χ0n) is 22.9. The van der Waals surface area contributed by atoms with Crippen molar-refractivity contribution < 1.29 is 9.21 Å². The molecule has 0 bridgehead atoms. The Morgan fingerprint density at radius 1 is 1.10 bits per heavy atom. The lowest BCUT2D eigenvalue weighted by molar-refractivity contribution is -0.120. The van der Waals surface area contributed by atoms with Crippen LogP contribution in [0.4, 0.5) is 0 Å². The number of nitrogens with one attached hydrogen (secondary N) is 2. The third-order valence-electron chi connectivity index (χ3n) is 6.82. The van der Waals surface area contributed by atoms with Crippen molar-refractivity contribution in [2.75, 3.05) is 20.1 Å². The Morgan fingerprint density at radius 2 is 1.88 bits per heavy atom. The Kier molecular flexibility index (Phi) is 8.83. The molecule has 9 heteroatoms. The molecule has 2 aromatic carbocycles. The number of piperidine rings is 1. The normalized spacial score (nSPS) is 15.3. The summed E-state index contributed by atoms with van der Waals surface area (Å²) in [6, 6.07) is 17.0. The molecule has 0 unspecified atom stereocenters. The fourth-order valence-electron chi connectivity index (χ4n) is 4.64. The number of thiazole rings is 1. The first-order chi connectivity index (χ1) is 19.4. The van der Waals surface area contributed by atoms with Gasteiger partial charge in [0.1, 0.15) is 11.4 Å². The van der Waals surface area contributed by atoms with Gasteiger partial charge < -0.3 is 20.0 Å². The molecule has 0 spiro atoms. The number of likely N-dealkylation sites (tertiary alicyclic amines) is 1. The average Bonchev–Trinajstić information content (AvgIpc) is 3.57. The molecule has 4 aromatic rings. The van der Waals surface area contributed by atoms with E-state index in [4.69, 9.17) is 9.40 Å². The largest absolute Gasteiger partial charge is 0.424 e. The SMILES string of the molecule is C=C/C(=C\C=C(/C)NC(=O)Cc1nnc(Cc2nc3ccc(-c4ccccc4)cc3s2)o1)NC1CCN(C)CC1. The monoisotopic (exact) mass is 554 g/mol. The lowest BCUT2D eigenvalue weighted by atomic mass is 10.1. The molecular formula is C31H34N6O2S. The molecule has 1 fully saturated rings. The highest BCUT2D eigenvalue weighted by atomic mass is 32.1. The first-order valence-corrected chi connectivity index (χ1v) is 14.3. The maximum atomic E-state index is 12.6. The summed E-state index contributed by atoms with van der Waals surface area (Å²) in [5.74, 6) is 0.504. The molecule has 206 valence electrons. The van der Waals surface area contributed by atoms with Crippen molar-refractivity contribution >= 4 is 27.5 Å². The number of amides is 1. The molecule has 0 aliphatic carbocycles. The molecule has 0 atom stereocenters. The number of carbonyl (C=O) groups excluding carboxylic acids is 1. The van der Waals surface area contributed by atoms with E-state index in [1.54, 1.807) is 17.4 Å². The molecule has 40 heavy (non-hydrogen) atoms. The van der Waals surface area contributed by atoms with Gasteiger partial charge in [-0.1, -0.05) is 43.0 Å². The van der Waals surface area contributed by atoms with Gasteiger partial charge in [-0.2, -0.15) is 0 Å². The highest BCUT2D eigenvalue weighted by molar-refractivity contribution is 7.18. The summed E-state index contributed by atoms with van der Waals surface area (Å²) in [7, 11) is 2.15. The van der Waals surface area contributed by atoms with Crippen LogP contribution in [0.5, 0.6) is 0 Å². The molecular weight excluding hydrogens is 520 g/mol. The number of aromatic nitrogens is 3. The van der Waals surface area contributed by atoms with Gasteiger partial charge in [-0.25, -0.2) is 4.98 Å². The van der Waals surface area contributed by atoms with E-state index in [0.717, 1.165) is 58.1 Å². The molecule has 1 saturated heterocycles. The second-order valence-electron chi connectivity index (χ2n) is 10.0. The van der Waals surface area contributed by atoms with Crippen LogP contribution in [0.25, 0.3) is 21.3 Å². The van der Waals surface area contributed by atoms with Gasteiger partial charge in [0.2, 0.25) is 17.7 Å². The lowest BCUT2D eigenvalue weighted by Crippen LogP contribution is -2.40. The van der Waals surface area contributed by atoms with Crippen LogP contribution in [-0.4, -0.2) is 52.2 Å². The van der Waals surface area contributed by atoms with Gasteiger partial charge in [-0.05, 0) is 81.4 Å². The summed E-state index contributed by atoms with van der Waals surface area (Å²) in [5.41, 5.74) is 4.93. The number of benzene rings is 2. The van der Waals surface area contributed by atoms with E-state index in [-0.39, 0.29) is 18.2 Å². The highest BCUT2D eigenvalue weighted by Gasteiger charge is 2.17. The van der Waals surface area contributed by atoms with Crippen molar-refractivity contribution in [1.82, 2.24) is 30.7 Å². The molecule has 2 N–H and O–H groups in total. The first-order valence-electron chi connectivity index (χ1n) is 13.5. The minimum absolute atomic E-state index is 0.00430. The van der Waals surface area contributed by atoms with E-state index in [9.17, 15) is 4.79 Å². The summed E-state index contributed by atoms with van der Waals surface area (Å²) >= 11 is 1.61. The third-order valence-corrected chi connectivity index (χ3v) is 7.84. The van der Waals surface area contributed by atoms with E-state index < -0.39 is 0 Å². The third kappa shape index (κ3) is 7.31. The van der Waals surface area contributed by atoms with Crippen LogP contribution in [0.2, 0.25) is 0 Å². The maximum Gasteiger partial charge on any atom is 0.233 e. The average molecular weight is 555 g/mol. The van der Waals surface area contributed by atoms with Crippen LogP contribution >= 0.6 is 11.3 Å². The van der Waals surface area contributed by atoms with Crippen LogP contribution in [0.1, 0.15) is 36.6 Å². The molecule has 3 heterocycles. The number of carbonyl (C=O) groups is 1. The van der Waals surface area contributed by atoms with E-state index in [2.05, 4.69) is 63.6 Å². The van der Waals surface area contributed by atoms with Gasteiger partial charge in [-0.3, -0.25) is 4.79 Å². The van der Waals surface area contributed by atoms with E-state index in [0.29, 0.717) is 18.4 Å². The fraction of sp³-hybridized carbons (Fsp3) is 0.290. The van der Waals surface area contributed by atoms with E-state index in [1.165, 1.54) is 5.56 Å². The van der Waals surface area contributed by atoms with Crippen LogP contribution in [0.3, 0.4) is 0 Å². The van der Waals surface area contributed by atoms with E-state index in [1.807, 2.05) is 43.3 Å². The van der Waals surface area contributed by atoms with Crippen molar-refractivity contribution in [1.29, 1.82) is 0 Å². The summed E-state index contributed by atoms with van der Waals surface area (Å²) in [6.07, 6.45) is 8.23. The molecule has 0 saturated carbocycles. The molecule has 2 aromatic heterocycles. The predicted molar refractivity (Wildman–Crippen MR) is 160 cm³/mol. The molecule has 1 amide bonds. The van der Waals surface area contributed by atoms with E-state index >= 15 is 0 Å². The Morgan fingerprint density at radius 3 is 2.65 bits per heavy atom. The van der Waals surface area contributed by atoms with Crippen LogP contribution in [-0.2, 0) is 17.6 Å². The summed E-state index contributed by atoms with van der Waals surface area (Å²) in [6.45, 7) is 7.92. The Bertz CT molecular complexity index is 1530. The van der Waals surface area contributed by atoms with Crippen molar-refractivity contribution in [3.05, 3.63) is 102 Å². The van der Waals surface area contributed by atoms with Gasteiger partial charge in [0.25, 0.3) is 0 Å².